The van der Waals surface area contributed by atoms with Crippen molar-refractivity contribution in [2.45, 2.75) is 19.8 Å². The summed E-state index contributed by atoms with van der Waals surface area (Å²) in [6, 6.07) is 6.40. The van der Waals surface area contributed by atoms with Crippen LogP contribution in [0.25, 0.3) is 0 Å². The maximum Gasteiger partial charge on any atom is 0.328 e. The molecule has 0 unspecified atom stereocenters. The van der Waals surface area contributed by atoms with Crippen LogP contribution in [-0.4, -0.2) is 21.4 Å². The number of hydrogen-bond donors (Lipinski definition) is 3. The largest absolute Gasteiger partial charge is 0.366 e. The minimum atomic E-state index is -0.642. The normalized spacial score (nSPS) is 10.4. The molecule has 0 radical (unpaired) electrons. The van der Waals surface area contributed by atoms with Crippen LogP contribution in [0.15, 0.2) is 33.9 Å². The van der Waals surface area contributed by atoms with Crippen LogP contribution in [0.1, 0.15) is 28.0 Å². The summed E-state index contributed by atoms with van der Waals surface area (Å²) in [6.07, 6.45) is 0.190. The van der Waals surface area contributed by atoms with Crippen LogP contribution in [-0.2, 0) is 18.3 Å². The first kappa shape index (κ1) is 17.2. The lowest BCUT2D eigenvalue weighted by Gasteiger charge is -2.10. The minimum Gasteiger partial charge on any atom is -0.366 e. The van der Waals surface area contributed by atoms with Crippen molar-refractivity contribution in [2.75, 3.05) is 5.32 Å². The van der Waals surface area contributed by atoms with Gasteiger partial charge in [0.2, 0.25) is 5.91 Å². The van der Waals surface area contributed by atoms with E-state index >= 15 is 0 Å². The highest BCUT2D eigenvalue weighted by atomic mass is 16.2. The predicted octanol–water partition coefficient (Wildman–Crippen LogP) is 0.0522. The molecule has 8 nitrogen and oxygen atoms in total. The summed E-state index contributed by atoms with van der Waals surface area (Å²) in [4.78, 5) is 49.5. The fourth-order valence-electron chi connectivity index (χ4n) is 2.33. The van der Waals surface area contributed by atoms with Gasteiger partial charge in [0.05, 0.1) is 11.3 Å². The van der Waals surface area contributed by atoms with Crippen LogP contribution in [0.4, 0.5) is 5.69 Å². The number of hydrogen-bond acceptors (Lipinski definition) is 4. The van der Waals surface area contributed by atoms with Gasteiger partial charge in [0.1, 0.15) is 0 Å². The van der Waals surface area contributed by atoms with E-state index in [2.05, 4.69) is 10.3 Å². The van der Waals surface area contributed by atoms with Crippen LogP contribution in [0, 0.1) is 6.92 Å². The average Bonchev–Trinajstić information content (AvgIpc) is 2.53. The number of anilines is 1. The summed E-state index contributed by atoms with van der Waals surface area (Å²) >= 11 is 0. The number of aryl methyl sites for hydroxylation is 1. The molecule has 24 heavy (non-hydrogen) atoms. The number of nitrogens with two attached hydrogens (primary N) is 1. The molecular weight excluding hydrogens is 312 g/mol. The summed E-state index contributed by atoms with van der Waals surface area (Å²) < 4.78 is 0.961. The Hall–Kier alpha value is -3.16. The number of benzene rings is 1. The zero-order valence-electron chi connectivity index (χ0n) is 13.4. The molecule has 126 valence electrons. The first-order valence-electron chi connectivity index (χ1n) is 7.28. The fourth-order valence-corrected chi connectivity index (χ4v) is 2.33. The van der Waals surface area contributed by atoms with Crippen molar-refractivity contribution in [3.63, 3.8) is 0 Å². The summed E-state index contributed by atoms with van der Waals surface area (Å²) in [7, 11) is 1.37. The lowest BCUT2D eigenvalue weighted by molar-refractivity contribution is -0.116. The van der Waals surface area contributed by atoms with Crippen LogP contribution in [0.3, 0.4) is 0 Å². The van der Waals surface area contributed by atoms with Crippen LogP contribution in [0.5, 0.6) is 0 Å². The van der Waals surface area contributed by atoms with Gasteiger partial charge in [0.15, 0.2) is 0 Å². The van der Waals surface area contributed by atoms with Crippen molar-refractivity contribution in [1.29, 1.82) is 0 Å². The van der Waals surface area contributed by atoms with Crippen LogP contribution in [0.2, 0.25) is 0 Å². The lowest BCUT2D eigenvalue weighted by atomic mass is 10.1. The highest BCUT2D eigenvalue weighted by Crippen LogP contribution is 2.14. The quantitative estimate of drug-likeness (QED) is 0.716. The Balaban J connectivity index is 2.13. The van der Waals surface area contributed by atoms with Gasteiger partial charge < -0.3 is 16.0 Å². The Morgan fingerprint density at radius 3 is 2.58 bits per heavy atom. The molecule has 1 heterocycles. The van der Waals surface area contributed by atoms with Crippen molar-refractivity contribution in [1.82, 2.24) is 9.55 Å². The van der Waals surface area contributed by atoms with E-state index in [9.17, 15) is 19.2 Å². The van der Waals surface area contributed by atoms with Crippen molar-refractivity contribution in [3.8, 4) is 0 Å². The number of para-hydroxylation sites is 1. The molecule has 0 aliphatic heterocycles. The van der Waals surface area contributed by atoms with Gasteiger partial charge in [-0.1, -0.05) is 12.1 Å². The second-order valence-electron chi connectivity index (χ2n) is 5.36. The third-order valence-electron chi connectivity index (χ3n) is 3.68. The van der Waals surface area contributed by atoms with Crippen LogP contribution < -0.4 is 22.3 Å². The van der Waals surface area contributed by atoms with Gasteiger partial charge in [-0.25, -0.2) is 4.79 Å². The second kappa shape index (κ2) is 6.95. The Morgan fingerprint density at radius 2 is 1.92 bits per heavy atom. The number of nitrogens with one attached hydrogen (secondary N) is 2. The van der Waals surface area contributed by atoms with Crippen molar-refractivity contribution >= 4 is 17.5 Å². The summed E-state index contributed by atoms with van der Waals surface area (Å²) in [6.45, 7) is 1.61. The van der Waals surface area contributed by atoms with E-state index in [-0.39, 0.29) is 24.3 Å². The first-order valence-corrected chi connectivity index (χ1v) is 7.28. The van der Waals surface area contributed by atoms with Crippen molar-refractivity contribution in [3.05, 3.63) is 61.9 Å². The topological polar surface area (TPSA) is 127 Å². The molecule has 0 fully saturated rings. The molecule has 1 aromatic carbocycles. The Morgan fingerprint density at radius 1 is 1.25 bits per heavy atom. The van der Waals surface area contributed by atoms with Gasteiger partial charge in [0, 0.05) is 24.7 Å². The molecular formula is C16H18N4O4. The number of nitrogens with zero attached hydrogens (tertiary/aromatic N) is 1. The van der Waals surface area contributed by atoms with Gasteiger partial charge >= 0.3 is 5.69 Å². The number of carbonyl (C=O) groups is 2. The fraction of sp³-hybridized carbons (Fsp3) is 0.250. The predicted molar refractivity (Wildman–Crippen MR) is 89.0 cm³/mol. The molecule has 0 saturated carbocycles. The molecule has 2 rings (SSSR count). The highest BCUT2D eigenvalue weighted by Gasteiger charge is 2.13. The third-order valence-corrected chi connectivity index (χ3v) is 3.68. The zero-order chi connectivity index (χ0) is 17.9. The standard InChI is InChI=1S/C16H18N4O4/c1-9-10(15(23)20(2)16(24)18-9)7-8-13(21)19-12-6-4-3-5-11(12)14(17)22/h3-6H,7-8H2,1-2H3,(H2,17,22)(H,18,24)(H,19,21). The molecule has 0 atom stereocenters. The minimum absolute atomic E-state index is 0.0230. The molecule has 0 aliphatic rings. The molecule has 1 aromatic heterocycles. The van der Waals surface area contributed by atoms with Gasteiger partial charge in [-0.15, -0.1) is 0 Å². The van der Waals surface area contributed by atoms with Crippen molar-refractivity contribution in [2.24, 2.45) is 12.8 Å². The number of amides is 2. The molecule has 0 bridgehead atoms. The summed E-state index contributed by atoms with van der Waals surface area (Å²) in [5, 5.41) is 2.61. The van der Waals surface area contributed by atoms with E-state index in [0.717, 1.165) is 4.57 Å². The Labute approximate surface area is 137 Å². The zero-order valence-corrected chi connectivity index (χ0v) is 13.4. The average molecular weight is 330 g/mol. The van der Waals surface area contributed by atoms with E-state index in [0.29, 0.717) is 16.9 Å². The van der Waals surface area contributed by atoms with E-state index in [1.54, 1.807) is 25.1 Å². The van der Waals surface area contributed by atoms with E-state index in [1.807, 2.05) is 0 Å². The highest BCUT2D eigenvalue weighted by molar-refractivity contribution is 6.02. The third kappa shape index (κ3) is 3.60. The van der Waals surface area contributed by atoms with Gasteiger partial charge in [-0.3, -0.25) is 19.0 Å². The van der Waals surface area contributed by atoms with Crippen molar-refractivity contribution < 1.29 is 9.59 Å². The van der Waals surface area contributed by atoms with Gasteiger partial charge in [0.25, 0.3) is 11.5 Å². The summed E-state index contributed by atoms with van der Waals surface area (Å²) in [5.41, 5.74) is 5.67. The molecule has 0 spiro atoms. The molecule has 0 aliphatic carbocycles. The maximum atomic E-state index is 12.1. The monoisotopic (exact) mass is 330 g/mol. The summed E-state index contributed by atoms with van der Waals surface area (Å²) in [5.74, 6) is -1.01. The maximum absolute atomic E-state index is 12.1. The molecule has 4 N–H and O–H groups in total. The van der Waals surface area contributed by atoms with Gasteiger partial charge in [-0.05, 0) is 25.5 Å². The van der Waals surface area contributed by atoms with Gasteiger partial charge in [-0.2, -0.15) is 0 Å². The Kier molecular flexibility index (Phi) is 4.98. The molecule has 2 amide bonds. The first-order chi connectivity index (χ1) is 11.3. The number of aromatic amines is 1. The lowest BCUT2D eigenvalue weighted by Crippen LogP contribution is -2.36. The molecule has 8 heteroatoms. The number of H-pyrrole nitrogens is 1. The smallest absolute Gasteiger partial charge is 0.328 e. The Bertz CT molecular complexity index is 911. The SMILES string of the molecule is Cc1[nH]c(=O)n(C)c(=O)c1CCC(=O)Nc1ccccc1C(N)=O. The number of carbonyl (C=O) groups excluding carboxylic acids is 2. The number of rotatable bonds is 5. The molecule has 2 aromatic rings. The number of aromatic nitrogens is 2. The molecule has 0 saturated heterocycles. The number of primary amides is 1. The second-order valence-corrected chi connectivity index (χ2v) is 5.36. The van der Waals surface area contributed by atoms with E-state index in [1.165, 1.54) is 13.1 Å². The van der Waals surface area contributed by atoms with E-state index in [4.69, 9.17) is 5.73 Å². The van der Waals surface area contributed by atoms with Crippen LogP contribution >= 0.6 is 0 Å². The van der Waals surface area contributed by atoms with E-state index < -0.39 is 17.2 Å².